The summed E-state index contributed by atoms with van der Waals surface area (Å²) in [5.74, 6) is -1.34. The van der Waals surface area contributed by atoms with E-state index in [-0.39, 0.29) is 20.4 Å². The maximum Gasteiger partial charge on any atom is 0.544 e. The minimum atomic E-state index is -3.76. The molecular weight excluding hydrogens is 504 g/mol. The number of para-hydroxylation sites is 1. The Morgan fingerprint density at radius 2 is 1.38 bits per heavy atom. The number of nitrogen functional groups attached to an aromatic ring is 1. The Labute approximate surface area is 185 Å². The Balaban J connectivity index is 0.000000282. The molecule has 2 unspecified atom stereocenters. The molecule has 0 spiro atoms. The van der Waals surface area contributed by atoms with Crippen LogP contribution in [-0.2, 0) is 39.3 Å². The zero-order valence-corrected chi connectivity index (χ0v) is 18.8. The zero-order valence-electron chi connectivity index (χ0n) is 15.5. The fourth-order valence-electron chi connectivity index (χ4n) is 2.38. The molecule has 0 aliphatic carbocycles. The van der Waals surface area contributed by atoms with Crippen molar-refractivity contribution >= 4 is 23.8 Å². The van der Waals surface area contributed by atoms with E-state index in [1.165, 1.54) is 17.7 Å². The van der Waals surface area contributed by atoms with Gasteiger partial charge >= 0.3 is 13.9 Å². The molecule has 3 rings (SSSR count). The molecule has 6 nitrogen and oxygen atoms in total. The van der Waals surface area contributed by atoms with Crippen LogP contribution < -0.4 is 5.73 Å². The van der Waals surface area contributed by atoms with E-state index in [1.54, 1.807) is 18.2 Å². The van der Waals surface area contributed by atoms with E-state index < -0.39 is 24.0 Å². The summed E-state index contributed by atoms with van der Waals surface area (Å²) >= 11 is 0. The standard InChI is InChI=1S/C12H11N.C8H9O5PS.Pd/c13-12-9-5-4-8-11(12)10-6-2-1-3-7-10;1-15(11,12)13-8(14(9)10)7-5-3-2-4-6-7;/h1-9H,13H2;2-6,8H,1H3;/p+1. The number of hydrogen-bond donors (Lipinski definition) is 2. The average Bonchev–Trinajstić information content (AvgIpc) is 2.67. The van der Waals surface area contributed by atoms with E-state index in [0.29, 0.717) is 5.56 Å². The van der Waals surface area contributed by atoms with Crippen LogP contribution in [0.5, 0.6) is 0 Å². The Morgan fingerprint density at radius 1 is 0.897 bits per heavy atom. The van der Waals surface area contributed by atoms with Crippen LogP contribution >= 0.6 is 8.03 Å². The maximum absolute atomic E-state index is 10.9. The van der Waals surface area contributed by atoms with Gasteiger partial charge in [0.1, 0.15) is 0 Å². The molecule has 0 saturated heterocycles. The van der Waals surface area contributed by atoms with Crippen molar-refractivity contribution in [2.45, 2.75) is 5.85 Å². The largest absolute Gasteiger partial charge is 0.544 e. The first-order valence-electron chi connectivity index (χ1n) is 8.26. The molecule has 0 aliphatic heterocycles. The normalized spacial score (nSPS) is 12.0. The second-order valence-corrected chi connectivity index (χ2v) is 8.49. The van der Waals surface area contributed by atoms with Crippen molar-refractivity contribution in [3.05, 3.63) is 90.5 Å². The minimum Gasteiger partial charge on any atom is -0.398 e. The number of nitrogens with two attached hydrogens (primary N) is 1. The van der Waals surface area contributed by atoms with E-state index in [2.05, 4.69) is 16.3 Å². The third-order valence-electron chi connectivity index (χ3n) is 3.60. The topological polar surface area (TPSA) is 107 Å². The Bertz CT molecular complexity index is 1020. The summed E-state index contributed by atoms with van der Waals surface area (Å²) < 4.78 is 37.2. The van der Waals surface area contributed by atoms with Gasteiger partial charge in [0, 0.05) is 37.2 Å². The predicted molar refractivity (Wildman–Crippen MR) is 111 cm³/mol. The number of benzene rings is 3. The van der Waals surface area contributed by atoms with Gasteiger partial charge in [-0.1, -0.05) is 78.9 Å². The summed E-state index contributed by atoms with van der Waals surface area (Å²) in [4.78, 5) is 8.95. The fourth-order valence-corrected chi connectivity index (χ4v) is 4.01. The van der Waals surface area contributed by atoms with Gasteiger partial charge in [0.15, 0.2) is 0 Å². The second-order valence-electron chi connectivity index (χ2n) is 5.82. The van der Waals surface area contributed by atoms with Gasteiger partial charge in [0.25, 0.3) is 10.1 Å². The number of anilines is 1. The molecule has 0 bridgehead atoms. The van der Waals surface area contributed by atoms with Crippen molar-refractivity contribution in [2.24, 2.45) is 0 Å². The first kappa shape index (κ1) is 25.1. The summed E-state index contributed by atoms with van der Waals surface area (Å²) in [5, 5.41) is 0. The van der Waals surface area contributed by atoms with Gasteiger partial charge in [-0.25, -0.2) is 4.18 Å². The first-order valence-corrected chi connectivity index (χ1v) is 11.4. The Hall–Kier alpha value is -1.91. The molecule has 0 heterocycles. The monoisotopic (exact) mass is 524 g/mol. The van der Waals surface area contributed by atoms with Crippen LogP contribution in [0.25, 0.3) is 11.1 Å². The maximum atomic E-state index is 10.9. The predicted octanol–water partition coefficient (Wildman–Crippen LogP) is 4.33. The van der Waals surface area contributed by atoms with Crippen molar-refractivity contribution in [2.75, 3.05) is 12.0 Å². The molecule has 3 aromatic rings. The van der Waals surface area contributed by atoms with E-state index in [0.717, 1.165) is 17.5 Å². The van der Waals surface area contributed by atoms with Crippen LogP contribution in [0.1, 0.15) is 11.4 Å². The zero-order chi connectivity index (χ0) is 20.6. The summed E-state index contributed by atoms with van der Waals surface area (Å²) in [7, 11) is -6.52. The molecule has 3 N–H and O–H groups in total. The van der Waals surface area contributed by atoms with Crippen LogP contribution in [0, 0.1) is 0 Å². The number of rotatable bonds is 5. The van der Waals surface area contributed by atoms with Crippen molar-refractivity contribution < 1.29 is 42.5 Å². The molecule has 0 fully saturated rings. The number of hydrogen-bond acceptors (Lipinski definition) is 5. The molecule has 0 aliphatic rings. The van der Waals surface area contributed by atoms with Crippen LogP contribution in [0.2, 0.25) is 0 Å². The molecule has 0 saturated carbocycles. The fraction of sp³-hybridized carbons (Fsp3) is 0.100. The summed E-state index contributed by atoms with van der Waals surface area (Å²) in [5.41, 5.74) is 9.30. The molecule has 2 atom stereocenters. The average molecular weight is 525 g/mol. The van der Waals surface area contributed by atoms with Crippen LogP contribution in [0.15, 0.2) is 84.9 Å². The molecule has 0 radical (unpaired) electrons. The van der Waals surface area contributed by atoms with E-state index in [1.807, 2.05) is 42.5 Å². The quantitative estimate of drug-likeness (QED) is 0.223. The van der Waals surface area contributed by atoms with Gasteiger partial charge in [-0.05, 0) is 16.2 Å². The van der Waals surface area contributed by atoms with Crippen molar-refractivity contribution in [3.63, 3.8) is 0 Å². The van der Waals surface area contributed by atoms with E-state index in [9.17, 15) is 13.0 Å². The van der Waals surface area contributed by atoms with Crippen molar-refractivity contribution in [1.29, 1.82) is 0 Å². The summed E-state index contributed by atoms with van der Waals surface area (Å²) in [6.07, 6.45) is 0.835. The minimum absolute atomic E-state index is 0. The van der Waals surface area contributed by atoms with Crippen LogP contribution in [-0.4, -0.2) is 19.6 Å². The van der Waals surface area contributed by atoms with Crippen LogP contribution in [0.4, 0.5) is 5.69 Å². The Kier molecular flexibility index (Phi) is 10.3. The second kappa shape index (κ2) is 11.9. The van der Waals surface area contributed by atoms with Crippen molar-refractivity contribution in [3.8, 4) is 11.1 Å². The third kappa shape index (κ3) is 8.55. The van der Waals surface area contributed by atoms with Gasteiger partial charge in [-0.3, -0.25) is 0 Å². The van der Waals surface area contributed by atoms with Crippen LogP contribution in [0.3, 0.4) is 0 Å². The van der Waals surface area contributed by atoms with Gasteiger partial charge < -0.3 is 5.73 Å². The molecule has 29 heavy (non-hydrogen) atoms. The molecule has 9 heteroatoms. The van der Waals surface area contributed by atoms with Gasteiger partial charge in [-0.15, -0.1) is 0 Å². The summed E-state index contributed by atoms with van der Waals surface area (Å²) in [6, 6.07) is 26.1. The SMILES string of the molecule is CS(=O)(=O)OC(c1ccccc1)[P+](=O)O.Nc1ccccc1-c1ccccc1.[Pd]. The molecule has 0 aromatic heterocycles. The molecule has 156 valence electrons. The summed E-state index contributed by atoms with van der Waals surface area (Å²) in [6.45, 7) is 0. The van der Waals surface area contributed by atoms with Crippen molar-refractivity contribution in [1.82, 2.24) is 0 Å². The van der Waals surface area contributed by atoms with E-state index in [4.69, 9.17) is 10.6 Å². The van der Waals surface area contributed by atoms with Gasteiger partial charge in [0.05, 0.1) is 6.26 Å². The van der Waals surface area contributed by atoms with Gasteiger partial charge in [-0.2, -0.15) is 13.3 Å². The molecule has 0 amide bonds. The first-order chi connectivity index (χ1) is 13.3. The van der Waals surface area contributed by atoms with Gasteiger partial charge in [0.2, 0.25) is 0 Å². The Morgan fingerprint density at radius 3 is 1.86 bits per heavy atom. The smallest absolute Gasteiger partial charge is 0.398 e. The third-order valence-corrected chi connectivity index (χ3v) is 5.09. The molecular formula is C20H21NO5PPdS+. The van der Waals surface area contributed by atoms with E-state index >= 15 is 0 Å². The molecule has 3 aromatic carbocycles.